The predicted molar refractivity (Wildman–Crippen MR) is 89.6 cm³/mol. The molecule has 2 unspecified atom stereocenters. The molecule has 4 atom stereocenters. The standard InChI is InChI=1S/C17H23NO4.CH4O/c1-10-14(19)8-15(20)16(22-10)12-3-2-4-13(7-12)17(21)18-9-11-5-6-11;1-2/h2-4,7,10-11,14-16,19-20H,5-6,8-9H2,1H3,(H,18,21);2H,1H3/t10-,14?,15+,16?;/m1./s1. The fraction of sp³-hybridized carbons (Fsp3) is 0.611. The molecule has 24 heavy (non-hydrogen) atoms. The van der Waals surface area contributed by atoms with E-state index in [9.17, 15) is 15.0 Å². The molecule has 1 heterocycles. The molecule has 1 saturated carbocycles. The molecule has 0 radical (unpaired) electrons. The van der Waals surface area contributed by atoms with Crippen molar-refractivity contribution in [3.63, 3.8) is 0 Å². The molecule has 3 rings (SSSR count). The Morgan fingerprint density at radius 1 is 1.25 bits per heavy atom. The number of carbonyl (C=O) groups is 1. The molecule has 0 bridgehead atoms. The van der Waals surface area contributed by atoms with Crippen LogP contribution in [0.4, 0.5) is 0 Å². The lowest BCUT2D eigenvalue weighted by Gasteiger charge is -2.36. The lowest BCUT2D eigenvalue weighted by molar-refractivity contribution is -0.164. The zero-order valence-electron chi connectivity index (χ0n) is 14.2. The molecule has 0 spiro atoms. The molecule has 1 aliphatic heterocycles. The maximum atomic E-state index is 12.2. The Morgan fingerprint density at radius 3 is 2.62 bits per heavy atom. The van der Waals surface area contributed by atoms with Crippen molar-refractivity contribution in [3.05, 3.63) is 35.4 Å². The van der Waals surface area contributed by atoms with Crippen LogP contribution in [0.2, 0.25) is 0 Å². The van der Waals surface area contributed by atoms with Gasteiger partial charge < -0.3 is 25.4 Å². The molecule has 6 nitrogen and oxygen atoms in total. The van der Waals surface area contributed by atoms with Gasteiger partial charge in [-0.3, -0.25) is 4.79 Å². The summed E-state index contributed by atoms with van der Waals surface area (Å²) in [6, 6.07) is 7.17. The quantitative estimate of drug-likeness (QED) is 0.657. The van der Waals surface area contributed by atoms with Gasteiger partial charge in [0.2, 0.25) is 0 Å². The maximum Gasteiger partial charge on any atom is 0.251 e. The predicted octanol–water partition coefficient (Wildman–Crippen LogP) is 1.01. The first kappa shape index (κ1) is 18.9. The number of amides is 1. The van der Waals surface area contributed by atoms with Crippen LogP contribution in [0.1, 0.15) is 48.2 Å². The minimum atomic E-state index is -0.768. The van der Waals surface area contributed by atoms with Gasteiger partial charge in [-0.05, 0) is 43.4 Å². The lowest BCUT2D eigenvalue weighted by Crippen LogP contribution is -2.41. The Labute approximate surface area is 142 Å². The molecule has 1 saturated heterocycles. The third-order valence-corrected chi connectivity index (χ3v) is 4.46. The van der Waals surface area contributed by atoms with Crippen molar-refractivity contribution in [1.82, 2.24) is 5.32 Å². The van der Waals surface area contributed by atoms with E-state index in [1.54, 1.807) is 25.1 Å². The van der Waals surface area contributed by atoms with E-state index in [0.29, 0.717) is 11.5 Å². The Balaban J connectivity index is 0.00000100. The second-order valence-corrected chi connectivity index (χ2v) is 6.41. The third-order valence-electron chi connectivity index (χ3n) is 4.46. The number of rotatable bonds is 4. The van der Waals surface area contributed by atoms with E-state index in [1.165, 1.54) is 12.8 Å². The monoisotopic (exact) mass is 337 g/mol. The van der Waals surface area contributed by atoms with Crippen LogP contribution < -0.4 is 5.32 Å². The smallest absolute Gasteiger partial charge is 0.251 e. The number of carbonyl (C=O) groups excluding carboxylic acids is 1. The van der Waals surface area contributed by atoms with E-state index in [4.69, 9.17) is 9.84 Å². The lowest BCUT2D eigenvalue weighted by atomic mass is 9.93. The van der Waals surface area contributed by atoms with E-state index in [2.05, 4.69) is 5.32 Å². The van der Waals surface area contributed by atoms with Gasteiger partial charge in [-0.25, -0.2) is 0 Å². The van der Waals surface area contributed by atoms with Crippen LogP contribution in [-0.4, -0.2) is 53.2 Å². The Morgan fingerprint density at radius 2 is 1.96 bits per heavy atom. The first-order valence-corrected chi connectivity index (χ1v) is 8.39. The van der Waals surface area contributed by atoms with Crippen molar-refractivity contribution < 1.29 is 24.9 Å². The average molecular weight is 337 g/mol. The molecule has 134 valence electrons. The van der Waals surface area contributed by atoms with Gasteiger partial charge in [-0.15, -0.1) is 0 Å². The molecule has 4 N–H and O–H groups in total. The Hall–Kier alpha value is -1.47. The van der Waals surface area contributed by atoms with Crippen molar-refractivity contribution in [1.29, 1.82) is 0 Å². The molecule has 1 aliphatic carbocycles. The fourth-order valence-corrected chi connectivity index (χ4v) is 2.79. The molecular formula is C18H27NO5. The molecule has 6 heteroatoms. The molecular weight excluding hydrogens is 310 g/mol. The summed E-state index contributed by atoms with van der Waals surface area (Å²) in [6.07, 6.45) is 0.414. The van der Waals surface area contributed by atoms with E-state index in [1.807, 2.05) is 6.07 Å². The summed E-state index contributed by atoms with van der Waals surface area (Å²) in [5.74, 6) is 0.546. The largest absolute Gasteiger partial charge is 0.400 e. The van der Waals surface area contributed by atoms with Gasteiger partial charge in [0.15, 0.2) is 0 Å². The highest BCUT2D eigenvalue weighted by Crippen LogP contribution is 2.32. The summed E-state index contributed by atoms with van der Waals surface area (Å²) in [4.78, 5) is 12.2. The highest BCUT2D eigenvalue weighted by atomic mass is 16.5. The minimum absolute atomic E-state index is 0.0906. The van der Waals surface area contributed by atoms with Crippen molar-refractivity contribution in [3.8, 4) is 0 Å². The average Bonchev–Trinajstić information content (AvgIpc) is 3.42. The Kier molecular flexibility index (Phi) is 6.74. The van der Waals surface area contributed by atoms with Gasteiger partial charge in [0.25, 0.3) is 5.91 Å². The van der Waals surface area contributed by atoms with Crippen molar-refractivity contribution in [2.45, 2.75) is 50.6 Å². The normalized spacial score (nSPS) is 29.4. The van der Waals surface area contributed by atoms with Gasteiger partial charge in [-0.2, -0.15) is 0 Å². The fourth-order valence-electron chi connectivity index (χ4n) is 2.79. The topological polar surface area (TPSA) is 99.0 Å². The maximum absolute atomic E-state index is 12.2. The van der Waals surface area contributed by atoms with Crippen molar-refractivity contribution >= 4 is 5.91 Å². The van der Waals surface area contributed by atoms with Crippen LogP contribution in [0.25, 0.3) is 0 Å². The zero-order valence-corrected chi connectivity index (χ0v) is 14.2. The summed E-state index contributed by atoms with van der Waals surface area (Å²) >= 11 is 0. The molecule has 1 aromatic carbocycles. The number of aliphatic hydroxyl groups excluding tert-OH is 3. The molecule has 2 fully saturated rings. The first-order valence-electron chi connectivity index (χ1n) is 8.39. The van der Waals surface area contributed by atoms with E-state index in [-0.39, 0.29) is 18.4 Å². The number of hydrogen-bond acceptors (Lipinski definition) is 5. The summed E-state index contributed by atoms with van der Waals surface area (Å²) < 4.78 is 5.71. The highest BCUT2D eigenvalue weighted by Gasteiger charge is 2.35. The summed E-state index contributed by atoms with van der Waals surface area (Å²) in [6.45, 7) is 2.52. The van der Waals surface area contributed by atoms with Crippen LogP contribution in [0.15, 0.2) is 24.3 Å². The van der Waals surface area contributed by atoms with Gasteiger partial charge in [-0.1, -0.05) is 12.1 Å². The third kappa shape index (κ3) is 4.77. The first-order chi connectivity index (χ1) is 11.5. The van der Waals surface area contributed by atoms with Crippen LogP contribution >= 0.6 is 0 Å². The van der Waals surface area contributed by atoms with Crippen molar-refractivity contribution in [2.75, 3.05) is 13.7 Å². The summed E-state index contributed by atoms with van der Waals surface area (Å²) in [5.41, 5.74) is 1.35. The van der Waals surface area contributed by atoms with E-state index >= 15 is 0 Å². The SMILES string of the molecule is CO.C[C@H]1OC(c2cccc(C(=O)NCC3CC3)c2)[C@@H](O)CC1O. The molecule has 1 aromatic rings. The number of hydrogen-bond donors (Lipinski definition) is 4. The van der Waals surface area contributed by atoms with Crippen LogP contribution in [0, 0.1) is 5.92 Å². The van der Waals surface area contributed by atoms with E-state index < -0.39 is 18.3 Å². The van der Waals surface area contributed by atoms with Gasteiger partial charge in [0.05, 0.1) is 18.3 Å². The van der Waals surface area contributed by atoms with Crippen molar-refractivity contribution in [2.24, 2.45) is 5.92 Å². The zero-order chi connectivity index (χ0) is 17.7. The molecule has 2 aliphatic rings. The van der Waals surface area contributed by atoms with Crippen LogP contribution in [0.3, 0.4) is 0 Å². The van der Waals surface area contributed by atoms with Crippen LogP contribution in [-0.2, 0) is 4.74 Å². The van der Waals surface area contributed by atoms with Gasteiger partial charge in [0, 0.05) is 25.6 Å². The number of nitrogens with one attached hydrogen (secondary N) is 1. The highest BCUT2D eigenvalue weighted by molar-refractivity contribution is 5.94. The van der Waals surface area contributed by atoms with Gasteiger partial charge in [0.1, 0.15) is 6.10 Å². The number of ether oxygens (including phenoxy) is 1. The van der Waals surface area contributed by atoms with Crippen LogP contribution in [0.5, 0.6) is 0 Å². The molecule has 0 aromatic heterocycles. The Bertz CT molecular complexity index is 546. The minimum Gasteiger partial charge on any atom is -0.400 e. The number of aliphatic hydroxyl groups is 3. The van der Waals surface area contributed by atoms with Gasteiger partial charge >= 0.3 is 0 Å². The second-order valence-electron chi connectivity index (χ2n) is 6.41. The summed E-state index contributed by atoms with van der Waals surface area (Å²) in [5, 5.41) is 29.8. The number of benzene rings is 1. The second kappa shape index (κ2) is 8.58. The summed E-state index contributed by atoms with van der Waals surface area (Å²) in [7, 11) is 1.00. The van der Waals surface area contributed by atoms with E-state index in [0.717, 1.165) is 19.2 Å². The molecule has 1 amide bonds.